The van der Waals surface area contributed by atoms with E-state index in [1.807, 2.05) is 0 Å². The fourth-order valence-electron chi connectivity index (χ4n) is 1.00. The van der Waals surface area contributed by atoms with E-state index < -0.39 is 31.1 Å². The van der Waals surface area contributed by atoms with E-state index in [-0.39, 0.29) is 5.75 Å². The van der Waals surface area contributed by atoms with Crippen LogP contribution < -0.4 is 4.74 Å². The third-order valence-corrected chi connectivity index (χ3v) is 1.93. The first-order valence-corrected chi connectivity index (χ1v) is 4.49. The number of alkyl halides is 3. The van der Waals surface area contributed by atoms with Gasteiger partial charge < -0.3 is 9.84 Å². The second-order valence-corrected chi connectivity index (χ2v) is 3.19. The van der Waals surface area contributed by atoms with E-state index in [1.54, 1.807) is 0 Å². The van der Waals surface area contributed by atoms with Crippen LogP contribution in [0.1, 0.15) is 0 Å². The van der Waals surface area contributed by atoms with Gasteiger partial charge in [0.25, 0.3) is 0 Å². The quantitative estimate of drug-likeness (QED) is 0.816. The molecule has 1 atom stereocenters. The Hall–Kier alpha value is -1.30. The maximum absolute atomic E-state index is 12.7. The molecule has 0 radical (unpaired) electrons. The van der Waals surface area contributed by atoms with Gasteiger partial charge in [0.15, 0.2) is 0 Å². The van der Waals surface area contributed by atoms with Gasteiger partial charge in [-0.05, 0) is 12.1 Å². The van der Waals surface area contributed by atoms with Crippen molar-refractivity contribution in [3.05, 3.63) is 30.1 Å². The summed E-state index contributed by atoms with van der Waals surface area (Å²) in [6.45, 7) is -1.79. The normalized spacial score (nSPS) is 13.6. The average molecular weight is 238 g/mol. The molecule has 0 aliphatic carbocycles. The molecule has 0 aliphatic heterocycles. The van der Waals surface area contributed by atoms with Crippen molar-refractivity contribution in [1.82, 2.24) is 0 Å². The van der Waals surface area contributed by atoms with Crippen molar-refractivity contribution in [2.45, 2.75) is 6.18 Å². The standard InChI is InChI=1S/C10H10F4O2/c11-8-2-1-3-9(4-8)16-6-7(5-15)10(12,13)14/h1-4,7,15H,5-6H2. The number of aliphatic hydroxyl groups excluding tert-OH is 1. The van der Waals surface area contributed by atoms with Crippen LogP contribution >= 0.6 is 0 Å². The number of hydrogen-bond acceptors (Lipinski definition) is 2. The van der Waals surface area contributed by atoms with Crippen LogP contribution in [0.3, 0.4) is 0 Å². The molecule has 0 aliphatic rings. The van der Waals surface area contributed by atoms with E-state index in [2.05, 4.69) is 0 Å². The third-order valence-electron chi connectivity index (χ3n) is 1.93. The van der Waals surface area contributed by atoms with Crippen LogP contribution in [0.4, 0.5) is 17.6 Å². The molecule has 16 heavy (non-hydrogen) atoms. The summed E-state index contributed by atoms with van der Waals surface area (Å²) in [6, 6.07) is 4.80. The number of ether oxygens (including phenoxy) is 1. The minimum Gasteiger partial charge on any atom is -0.493 e. The van der Waals surface area contributed by atoms with E-state index >= 15 is 0 Å². The van der Waals surface area contributed by atoms with Gasteiger partial charge in [-0.3, -0.25) is 0 Å². The zero-order valence-electron chi connectivity index (χ0n) is 8.17. The summed E-state index contributed by atoms with van der Waals surface area (Å²) < 4.78 is 54.0. The number of halogens is 4. The van der Waals surface area contributed by atoms with Crippen LogP contribution in [0, 0.1) is 11.7 Å². The van der Waals surface area contributed by atoms with Gasteiger partial charge in [-0.1, -0.05) is 6.07 Å². The highest BCUT2D eigenvalue weighted by Crippen LogP contribution is 2.26. The van der Waals surface area contributed by atoms with Crippen molar-refractivity contribution in [1.29, 1.82) is 0 Å². The predicted molar refractivity (Wildman–Crippen MR) is 48.5 cm³/mol. The first-order chi connectivity index (χ1) is 7.43. The minimum absolute atomic E-state index is 0.00250. The van der Waals surface area contributed by atoms with Crippen LogP contribution in [-0.4, -0.2) is 24.5 Å². The van der Waals surface area contributed by atoms with Gasteiger partial charge in [0.1, 0.15) is 24.1 Å². The molecule has 0 heterocycles. The number of benzene rings is 1. The lowest BCUT2D eigenvalue weighted by Crippen LogP contribution is -2.31. The van der Waals surface area contributed by atoms with Gasteiger partial charge in [-0.15, -0.1) is 0 Å². The Morgan fingerprint density at radius 2 is 2.00 bits per heavy atom. The van der Waals surface area contributed by atoms with E-state index in [0.717, 1.165) is 12.1 Å². The van der Waals surface area contributed by atoms with Crippen LogP contribution in [0.2, 0.25) is 0 Å². The van der Waals surface area contributed by atoms with E-state index in [1.165, 1.54) is 12.1 Å². The van der Waals surface area contributed by atoms with E-state index in [0.29, 0.717) is 0 Å². The maximum Gasteiger partial charge on any atom is 0.397 e. The molecule has 0 bridgehead atoms. The van der Waals surface area contributed by atoms with Gasteiger partial charge in [0.2, 0.25) is 0 Å². The second kappa shape index (κ2) is 5.16. The number of hydrogen-bond donors (Lipinski definition) is 1. The predicted octanol–water partition coefficient (Wildman–Crippen LogP) is 2.38. The Bertz CT molecular complexity index is 338. The van der Waals surface area contributed by atoms with Crippen LogP contribution in [0.5, 0.6) is 5.75 Å². The van der Waals surface area contributed by atoms with E-state index in [9.17, 15) is 17.6 Å². The average Bonchev–Trinajstić information content (AvgIpc) is 2.16. The van der Waals surface area contributed by atoms with Crippen molar-refractivity contribution in [3.8, 4) is 5.75 Å². The summed E-state index contributed by atoms with van der Waals surface area (Å²) in [7, 11) is 0. The molecule has 0 fully saturated rings. The van der Waals surface area contributed by atoms with Gasteiger partial charge in [0.05, 0.1) is 6.61 Å². The topological polar surface area (TPSA) is 29.5 Å². The SMILES string of the molecule is OCC(COc1cccc(F)c1)C(F)(F)F. The smallest absolute Gasteiger partial charge is 0.397 e. The lowest BCUT2D eigenvalue weighted by molar-refractivity contribution is -0.190. The molecule has 1 unspecified atom stereocenters. The van der Waals surface area contributed by atoms with Crippen molar-refractivity contribution in [3.63, 3.8) is 0 Å². The Kier molecular flexibility index (Phi) is 4.12. The van der Waals surface area contributed by atoms with Gasteiger partial charge in [0, 0.05) is 6.07 Å². The summed E-state index contributed by atoms with van der Waals surface area (Å²) in [4.78, 5) is 0. The fraction of sp³-hybridized carbons (Fsp3) is 0.400. The summed E-state index contributed by atoms with van der Waals surface area (Å²) in [5.41, 5.74) is 0. The molecule has 0 saturated carbocycles. The van der Waals surface area contributed by atoms with Crippen LogP contribution in [-0.2, 0) is 0 Å². The zero-order valence-corrected chi connectivity index (χ0v) is 8.17. The molecule has 2 nitrogen and oxygen atoms in total. The second-order valence-electron chi connectivity index (χ2n) is 3.19. The number of rotatable bonds is 4. The Morgan fingerprint density at radius 3 is 2.50 bits per heavy atom. The first-order valence-electron chi connectivity index (χ1n) is 4.49. The molecule has 0 spiro atoms. The van der Waals surface area contributed by atoms with Crippen molar-refractivity contribution in [2.75, 3.05) is 13.2 Å². The molecule has 6 heteroatoms. The zero-order chi connectivity index (χ0) is 12.2. The molecular formula is C10H10F4O2. The highest BCUT2D eigenvalue weighted by Gasteiger charge is 2.39. The van der Waals surface area contributed by atoms with Gasteiger partial charge >= 0.3 is 6.18 Å². The molecule has 0 aromatic heterocycles. The Morgan fingerprint density at radius 1 is 1.31 bits per heavy atom. The maximum atomic E-state index is 12.7. The molecule has 1 aromatic carbocycles. The van der Waals surface area contributed by atoms with Gasteiger partial charge in [-0.2, -0.15) is 13.2 Å². The Balaban J connectivity index is 2.56. The fourth-order valence-corrected chi connectivity index (χ4v) is 1.00. The lowest BCUT2D eigenvalue weighted by Gasteiger charge is -2.18. The molecule has 1 N–H and O–H groups in total. The monoisotopic (exact) mass is 238 g/mol. The highest BCUT2D eigenvalue weighted by molar-refractivity contribution is 5.22. The first kappa shape index (κ1) is 12.8. The van der Waals surface area contributed by atoms with Crippen LogP contribution in [0.25, 0.3) is 0 Å². The molecule has 1 rings (SSSR count). The van der Waals surface area contributed by atoms with Crippen molar-refractivity contribution in [2.24, 2.45) is 5.92 Å². The molecule has 0 saturated heterocycles. The highest BCUT2D eigenvalue weighted by atomic mass is 19.4. The molecular weight excluding hydrogens is 228 g/mol. The Labute approximate surface area is 89.5 Å². The summed E-state index contributed by atoms with van der Waals surface area (Å²) in [5.74, 6) is -2.55. The molecule has 1 aromatic rings. The summed E-state index contributed by atoms with van der Waals surface area (Å²) in [6.07, 6.45) is -4.53. The van der Waals surface area contributed by atoms with Crippen molar-refractivity contribution >= 4 is 0 Å². The number of aliphatic hydroxyl groups is 1. The molecule has 0 amide bonds. The third kappa shape index (κ3) is 3.69. The minimum atomic E-state index is -4.53. The largest absolute Gasteiger partial charge is 0.493 e. The van der Waals surface area contributed by atoms with Crippen molar-refractivity contribution < 1.29 is 27.4 Å². The summed E-state index contributed by atoms with van der Waals surface area (Å²) in [5, 5.41) is 8.52. The van der Waals surface area contributed by atoms with E-state index in [4.69, 9.17) is 9.84 Å². The molecule has 90 valence electrons. The summed E-state index contributed by atoms with van der Waals surface area (Å²) >= 11 is 0. The van der Waals surface area contributed by atoms with Gasteiger partial charge in [-0.25, -0.2) is 4.39 Å². The lowest BCUT2D eigenvalue weighted by atomic mass is 10.2. The van der Waals surface area contributed by atoms with Crippen LogP contribution in [0.15, 0.2) is 24.3 Å².